The number of carboxylic acid groups (broad SMARTS) is 1. The van der Waals surface area contributed by atoms with E-state index in [4.69, 9.17) is 28.8 Å². The molecule has 2 aromatic carbocycles. The molecule has 1 aliphatic rings. The number of nitrogens with one attached hydrogen (secondary N) is 3. The van der Waals surface area contributed by atoms with E-state index in [1.807, 2.05) is 5.10 Å². The minimum atomic E-state index is -4.85. The first kappa shape index (κ1) is 44.5. The standard InChI is InChI=1S/C38H46ClF4N11O5/c39-29-20-24(49-36(58)35-47-21-25(48-35)19-28-33(50-51-34(28)38(41,42)43)27-7-5-23(46)18-30(27)40)6-8-26(29)37(59)53-13-11-52(12-14-53)31(55)4-1-15-54(16-2-9-44,17-3-10-45)22-32(56)57/h5-8,18,20-21H,1-4,9-17,19,22,44-45H2,(H5-,46,47,48,49,50,51,56,57,58,59)/p+1. The van der Waals surface area contributed by atoms with Gasteiger partial charge in [-0.25, -0.2) is 14.2 Å². The molecule has 1 saturated heterocycles. The Balaban J connectivity index is 1.16. The number of alkyl halides is 3. The Hall–Kier alpha value is -5.57. The molecule has 0 aliphatic carbocycles. The van der Waals surface area contributed by atoms with Crippen LogP contribution in [0.15, 0.2) is 42.6 Å². The van der Waals surface area contributed by atoms with E-state index >= 15 is 0 Å². The Morgan fingerprint density at radius 1 is 0.949 bits per heavy atom. The minimum absolute atomic E-state index is 0.0424. The van der Waals surface area contributed by atoms with E-state index < -0.39 is 36.0 Å². The minimum Gasteiger partial charge on any atom is -0.477 e. The van der Waals surface area contributed by atoms with Crippen molar-refractivity contribution in [2.75, 3.05) is 76.5 Å². The van der Waals surface area contributed by atoms with Crippen LogP contribution < -0.4 is 22.5 Å². The largest absolute Gasteiger partial charge is 0.477 e. The summed E-state index contributed by atoms with van der Waals surface area (Å²) in [5, 5.41) is 17.9. The van der Waals surface area contributed by atoms with E-state index in [9.17, 15) is 41.8 Å². The number of rotatable bonds is 18. The highest BCUT2D eigenvalue weighted by atomic mass is 35.5. The number of carbonyl (C=O) groups is 4. The molecule has 3 heterocycles. The number of aromatic nitrogens is 4. The molecule has 0 spiro atoms. The van der Waals surface area contributed by atoms with Crippen LogP contribution in [0.3, 0.4) is 0 Å². The molecule has 4 aromatic rings. The quantitative estimate of drug-likeness (QED) is 0.0435. The van der Waals surface area contributed by atoms with Gasteiger partial charge < -0.3 is 46.9 Å². The number of aromatic amines is 2. The Morgan fingerprint density at radius 2 is 1.61 bits per heavy atom. The molecule has 0 radical (unpaired) electrons. The van der Waals surface area contributed by atoms with Gasteiger partial charge in [0.25, 0.3) is 11.8 Å². The maximum atomic E-state index is 14.7. The number of aliphatic carboxylic acids is 1. The van der Waals surface area contributed by atoms with E-state index in [2.05, 4.69) is 20.4 Å². The van der Waals surface area contributed by atoms with Crippen molar-refractivity contribution in [3.8, 4) is 11.3 Å². The van der Waals surface area contributed by atoms with Gasteiger partial charge in [0, 0.05) is 92.7 Å². The number of hydrogen-bond donors (Lipinski definition) is 7. The van der Waals surface area contributed by atoms with Gasteiger partial charge in [0.1, 0.15) is 11.5 Å². The highest BCUT2D eigenvalue weighted by Gasteiger charge is 2.38. The lowest BCUT2D eigenvalue weighted by atomic mass is 10.0. The lowest BCUT2D eigenvalue weighted by molar-refractivity contribution is -0.921. The smallest absolute Gasteiger partial charge is 0.433 e. The number of benzene rings is 2. The first-order valence-electron chi connectivity index (χ1n) is 18.9. The molecule has 0 atom stereocenters. The molecule has 5 rings (SSSR count). The number of imidazole rings is 1. The SMILES string of the molecule is NCCC[N+](CCCN)(CCCC(=O)N1CCN(C(=O)c2ccc(NC(=O)c3ncc(Cc4c(-c5ccc(N)cc5F)n[nH]c4C(F)(F)F)[nH]3)cc2Cl)CC1)CC(=O)O. The topological polar surface area (TPSA) is 242 Å². The van der Waals surface area contributed by atoms with Crippen molar-refractivity contribution in [1.29, 1.82) is 0 Å². The fourth-order valence-corrected chi connectivity index (χ4v) is 7.46. The number of hydrogen-bond acceptors (Lipinski definition) is 9. The zero-order chi connectivity index (χ0) is 42.9. The van der Waals surface area contributed by atoms with Crippen LogP contribution in [0.25, 0.3) is 11.3 Å². The zero-order valence-electron chi connectivity index (χ0n) is 32.1. The van der Waals surface area contributed by atoms with Crippen molar-refractivity contribution >= 4 is 46.7 Å². The average Bonchev–Trinajstić information content (AvgIpc) is 3.84. The van der Waals surface area contributed by atoms with Gasteiger partial charge in [0.15, 0.2) is 12.4 Å². The lowest BCUT2D eigenvalue weighted by Crippen LogP contribution is -2.54. The summed E-state index contributed by atoms with van der Waals surface area (Å²) in [6, 6.07) is 7.80. The summed E-state index contributed by atoms with van der Waals surface area (Å²) in [5.74, 6) is -3.23. The molecule has 16 nitrogen and oxygen atoms in total. The number of piperazine rings is 1. The normalized spacial score (nSPS) is 13.5. The van der Waals surface area contributed by atoms with Crippen molar-refractivity contribution in [3.05, 3.63) is 81.8 Å². The average molecular weight is 849 g/mol. The summed E-state index contributed by atoms with van der Waals surface area (Å²) in [7, 11) is 0. The number of quaternary nitrogens is 1. The van der Waals surface area contributed by atoms with Crippen molar-refractivity contribution < 1.29 is 46.3 Å². The Bertz CT molecular complexity index is 2130. The number of H-pyrrole nitrogens is 2. The van der Waals surface area contributed by atoms with Crippen LogP contribution >= 0.6 is 11.6 Å². The molecule has 1 fully saturated rings. The first-order chi connectivity index (χ1) is 28.0. The summed E-state index contributed by atoms with van der Waals surface area (Å²) < 4.78 is 56.7. The van der Waals surface area contributed by atoms with Crippen LogP contribution in [-0.4, -0.2) is 129 Å². The van der Waals surface area contributed by atoms with Crippen molar-refractivity contribution in [2.45, 2.75) is 38.3 Å². The third-order valence-electron chi connectivity index (χ3n) is 10.2. The zero-order valence-corrected chi connectivity index (χ0v) is 32.8. The highest BCUT2D eigenvalue weighted by Crippen LogP contribution is 2.37. The maximum absolute atomic E-state index is 14.7. The first-order valence-corrected chi connectivity index (χ1v) is 19.3. The van der Waals surface area contributed by atoms with E-state index in [-0.39, 0.29) is 88.2 Å². The van der Waals surface area contributed by atoms with Gasteiger partial charge in [-0.15, -0.1) is 0 Å². The predicted octanol–water partition coefficient (Wildman–Crippen LogP) is 3.70. The monoisotopic (exact) mass is 848 g/mol. The van der Waals surface area contributed by atoms with Gasteiger partial charge in [-0.05, 0) is 49.5 Å². The number of anilines is 2. The Morgan fingerprint density at radius 3 is 2.22 bits per heavy atom. The van der Waals surface area contributed by atoms with E-state index in [1.54, 1.807) is 9.80 Å². The number of carbonyl (C=O) groups excluding carboxylic acids is 3. The molecular weight excluding hydrogens is 802 g/mol. The third kappa shape index (κ3) is 11.3. The lowest BCUT2D eigenvalue weighted by Gasteiger charge is -2.38. The summed E-state index contributed by atoms with van der Waals surface area (Å²) in [6.45, 7) is 3.58. The number of nitrogens with zero attached hydrogens (tertiary/aromatic N) is 5. The van der Waals surface area contributed by atoms with Gasteiger partial charge in [0.05, 0.1) is 35.9 Å². The number of carboxylic acids is 1. The number of nitrogen functional groups attached to an aromatic ring is 1. The molecule has 3 amide bonds. The number of nitrogens with two attached hydrogens (primary N) is 3. The third-order valence-corrected chi connectivity index (χ3v) is 10.5. The van der Waals surface area contributed by atoms with E-state index in [1.165, 1.54) is 36.5 Å². The van der Waals surface area contributed by atoms with Crippen molar-refractivity contribution in [1.82, 2.24) is 30.0 Å². The van der Waals surface area contributed by atoms with Gasteiger partial charge in [-0.1, -0.05) is 11.6 Å². The van der Waals surface area contributed by atoms with E-state index in [0.717, 1.165) is 6.07 Å². The predicted molar refractivity (Wildman–Crippen MR) is 211 cm³/mol. The molecule has 1 aliphatic heterocycles. The summed E-state index contributed by atoms with van der Waals surface area (Å²) in [6.07, 6.45) is -2.08. The molecule has 21 heteroatoms. The Labute approximate surface area is 341 Å². The van der Waals surface area contributed by atoms with Gasteiger partial charge >= 0.3 is 12.1 Å². The molecule has 318 valence electrons. The fraction of sp³-hybridized carbons (Fsp3) is 0.421. The van der Waals surface area contributed by atoms with Crippen LogP contribution in [0.4, 0.5) is 28.9 Å². The van der Waals surface area contributed by atoms with Crippen LogP contribution in [-0.2, 0) is 22.2 Å². The second-order valence-corrected chi connectivity index (χ2v) is 14.8. The second-order valence-electron chi connectivity index (χ2n) is 14.4. The molecule has 59 heavy (non-hydrogen) atoms. The molecular formula is C38H47ClF4N11O5+. The van der Waals surface area contributed by atoms with Gasteiger partial charge in [-0.3, -0.25) is 19.5 Å². The summed E-state index contributed by atoms with van der Waals surface area (Å²) in [4.78, 5) is 61.2. The van der Waals surface area contributed by atoms with Crippen LogP contribution in [0.1, 0.15) is 63.6 Å². The molecule has 2 aromatic heterocycles. The Kier molecular flexibility index (Phi) is 14.7. The van der Waals surface area contributed by atoms with Crippen molar-refractivity contribution in [2.24, 2.45) is 11.5 Å². The van der Waals surface area contributed by atoms with E-state index in [0.29, 0.717) is 69.6 Å². The van der Waals surface area contributed by atoms with Crippen LogP contribution in [0.5, 0.6) is 0 Å². The van der Waals surface area contributed by atoms with Crippen LogP contribution in [0.2, 0.25) is 5.02 Å². The molecule has 0 saturated carbocycles. The molecule has 10 N–H and O–H groups in total. The van der Waals surface area contributed by atoms with Gasteiger partial charge in [0.2, 0.25) is 5.91 Å². The van der Waals surface area contributed by atoms with Crippen LogP contribution in [0, 0.1) is 5.82 Å². The van der Waals surface area contributed by atoms with Gasteiger partial charge in [-0.2, -0.15) is 18.3 Å². The van der Waals surface area contributed by atoms with Crippen molar-refractivity contribution in [3.63, 3.8) is 0 Å². The second kappa shape index (κ2) is 19.5. The summed E-state index contributed by atoms with van der Waals surface area (Å²) >= 11 is 6.49. The maximum Gasteiger partial charge on any atom is 0.433 e. The number of halogens is 5. The fourth-order valence-electron chi connectivity index (χ4n) is 7.20. The summed E-state index contributed by atoms with van der Waals surface area (Å²) in [5.41, 5.74) is 15.5. The molecule has 0 bridgehead atoms. The highest BCUT2D eigenvalue weighted by molar-refractivity contribution is 6.34. The number of amides is 3. The molecule has 0 unspecified atom stereocenters.